The van der Waals surface area contributed by atoms with E-state index < -0.39 is 0 Å². The van der Waals surface area contributed by atoms with E-state index in [-0.39, 0.29) is 0 Å². The van der Waals surface area contributed by atoms with Crippen LogP contribution in [0.2, 0.25) is 0 Å². The van der Waals surface area contributed by atoms with E-state index in [1.165, 1.54) is 12.8 Å². The van der Waals surface area contributed by atoms with E-state index in [2.05, 4.69) is 22.9 Å². The summed E-state index contributed by atoms with van der Waals surface area (Å²) in [5.74, 6) is 0. The monoisotopic (exact) mass is 187 g/mol. The molecule has 0 radical (unpaired) electrons. The summed E-state index contributed by atoms with van der Waals surface area (Å²) in [4.78, 5) is 0. The van der Waals surface area contributed by atoms with Gasteiger partial charge in [0.15, 0.2) is 0 Å². The highest BCUT2D eigenvalue weighted by atomic mass is 15.2. The number of hydrogen-bond donors (Lipinski definition) is 3. The van der Waals surface area contributed by atoms with Gasteiger partial charge in [-0.05, 0) is 26.4 Å². The van der Waals surface area contributed by atoms with E-state index in [9.17, 15) is 0 Å². The first-order valence-electron chi connectivity index (χ1n) is 5.43. The number of rotatable bonds is 4. The Morgan fingerprint density at radius 1 is 1.38 bits per heavy atom. The fourth-order valence-electron chi connectivity index (χ4n) is 1.58. The molecule has 1 fully saturated rings. The molecule has 1 saturated heterocycles. The molecule has 1 aliphatic rings. The highest BCUT2D eigenvalue weighted by Gasteiger charge is 2.30. The molecule has 3 heteroatoms. The molecule has 1 rings (SSSR count). The summed E-state index contributed by atoms with van der Waals surface area (Å²) < 4.78 is 0. The minimum atomic E-state index is 0.364. The maximum atomic E-state index is 3.50. The molecule has 1 atom stereocenters. The molecule has 80 valence electrons. The number of nitrogens with one attached hydrogen (secondary N) is 3. The van der Waals surface area contributed by atoms with Gasteiger partial charge in [0.1, 0.15) is 0 Å². The molecule has 0 aliphatic carbocycles. The lowest BCUT2D eigenvalue weighted by Gasteiger charge is -2.26. The Morgan fingerprint density at radius 3 is 2.46 bits per heavy atom. The van der Waals surface area contributed by atoms with Crippen LogP contribution >= 0.6 is 0 Å². The Balaban J connectivity index is 0.000000671. The van der Waals surface area contributed by atoms with Crippen LogP contribution in [0.25, 0.3) is 0 Å². The summed E-state index contributed by atoms with van der Waals surface area (Å²) >= 11 is 0. The summed E-state index contributed by atoms with van der Waals surface area (Å²) in [6, 6.07) is 0. The largest absolute Gasteiger partial charge is 0.320 e. The fraction of sp³-hybridized carbons (Fsp3) is 1.00. The Morgan fingerprint density at radius 2 is 2.08 bits per heavy atom. The third-order valence-electron chi connectivity index (χ3n) is 2.58. The second-order valence-electron chi connectivity index (χ2n) is 3.27. The lowest BCUT2D eigenvalue weighted by atomic mass is 9.93. The van der Waals surface area contributed by atoms with E-state index in [0.29, 0.717) is 5.54 Å². The molecule has 0 spiro atoms. The average Bonchev–Trinajstić information content (AvgIpc) is 2.67. The third-order valence-corrected chi connectivity index (χ3v) is 2.58. The molecular formula is C10H25N3. The van der Waals surface area contributed by atoms with Crippen molar-refractivity contribution in [3.05, 3.63) is 0 Å². The van der Waals surface area contributed by atoms with Gasteiger partial charge in [-0.3, -0.25) is 5.32 Å². The Kier molecular flexibility index (Phi) is 7.23. The molecule has 3 N–H and O–H groups in total. The van der Waals surface area contributed by atoms with Gasteiger partial charge in [0, 0.05) is 18.8 Å². The van der Waals surface area contributed by atoms with Crippen molar-refractivity contribution >= 4 is 0 Å². The molecule has 0 amide bonds. The van der Waals surface area contributed by atoms with E-state index in [1.54, 1.807) is 0 Å². The van der Waals surface area contributed by atoms with Crippen molar-refractivity contribution in [3.8, 4) is 0 Å². The van der Waals surface area contributed by atoms with Crippen LogP contribution in [0.3, 0.4) is 0 Å². The van der Waals surface area contributed by atoms with Crippen molar-refractivity contribution < 1.29 is 0 Å². The SMILES string of the molecule is CC.CCC1(CCNC)CNCN1. The van der Waals surface area contributed by atoms with Crippen LogP contribution in [0.5, 0.6) is 0 Å². The lowest BCUT2D eigenvalue weighted by Crippen LogP contribution is -2.43. The van der Waals surface area contributed by atoms with Gasteiger partial charge in [0.05, 0.1) is 0 Å². The first-order chi connectivity index (χ1) is 6.33. The first-order valence-corrected chi connectivity index (χ1v) is 5.43. The lowest BCUT2D eigenvalue weighted by molar-refractivity contribution is 0.353. The Labute approximate surface area is 82.7 Å². The third kappa shape index (κ3) is 4.07. The van der Waals surface area contributed by atoms with Gasteiger partial charge in [-0.25, -0.2) is 0 Å². The number of hydrogen-bond acceptors (Lipinski definition) is 3. The molecule has 3 nitrogen and oxygen atoms in total. The zero-order valence-electron chi connectivity index (χ0n) is 9.54. The standard InChI is InChI=1S/C8H19N3.C2H6/c1-3-8(4-5-9-2)6-10-7-11-8;1-2/h9-11H,3-7H2,1-2H3;1-2H3. The van der Waals surface area contributed by atoms with E-state index in [0.717, 1.165) is 19.8 Å². The zero-order chi connectivity index (χ0) is 10.2. The Hall–Kier alpha value is -0.120. The quantitative estimate of drug-likeness (QED) is 0.612. The summed E-state index contributed by atoms with van der Waals surface area (Å²) in [6.45, 7) is 9.43. The van der Waals surface area contributed by atoms with Crippen molar-refractivity contribution in [3.63, 3.8) is 0 Å². The smallest absolute Gasteiger partial charge is 0.0459 e. The molecule has 0 aromatic heterocycles. The van der Waals surface area contributed by atoms with Crippen LogP contribution in [-0.2, 0) is 0 Å². The fourth-order valence-corrected chi connectivity index (χ4v) is 1.58. The maximum absolute atomic E-state index is 3.50. The average molecular weight is 187 g/mol. The van der Waals surface area contributed by atoms with Crippen LogP contribution in [-0.4, -0.2) is 32.3 Å². The van der Waals surface area contributed by atoms with Gasteiger partial charge in [-0.1, -0.05) is 20.8 Å². The molecular weight excluding hydrogens is 162 g/mol. The highest BCUT2D eigenvalue weighted by Crippen LogP contribution is 2.16. The van der Waals surface area contributed by atoms with Crippen molar-refractivity contribution in [1.82, 2.24) is 16.0 Å². The first kappa shape index (κ1) is 12.9. The van der Waals surface area contributed by atoms with Gasteiger partial charge in [0.25, 0.3) is 0 Å². The van der Waals surface area contributed by atoms with Crippen LogP contribution in [0, 0.1) is 0 Å². The van der Waals surface area contributed by atoms with Crippen LogP contribution in [0.15, 0.2) is 0 Å². The van der Waals surface area contributed by atoms with Gasteiger partial charge >= 0.3 is 0 Å². The molecule has 0 aromatic carbocycles. The summed E-state index contributed by atoms with van der Waals surface area (Å²) in [5, 5.41) is 10.0. The molecule has 0 aromatic rings. The van der Waals surface area contributed by atoms with Crippen molar-refractivity contribution in [2.45, 2.75) is 39.2 Å². The van der Waals surface area contributed by atoms with Gasteiger partial charge < -0.3 is 10.6 Å². The maximum Gasteiger partial charge on any atom is 0.0459 e. The zero-order valence-corrected chi connectivity index (χ0v) is 9.54. The summed E-state index contributed by atoms with van der Waals surface area (Å²) in [5.41, 5.74) is 0.364. The molecule has 1 heterocycles. The normalized spacial score (nSPS) is 26.8. The molecule has 1 aliphatic heterocycles. The van der Waals surface area contributed by atoms with Gasteiger partial charge in [0.2, 0.25) is 0 Å². The predicted molar refractivity (Wildman–Crippen MR) is 58.9 cm³/mol. The van der Waals surface area contributed by atoms with Gasteiger partial charge in [-0.2, -0.15) is 0 Å². The second kappa shape index (κ2) is 7.30. The van der Waals surface area contributed by atoms with E-state index >= 15 is 0 Å². The summed E-state index contributed by atoms with van der Waals surface area (Å²) in [7, 11) is 2.01. The minimum Gasteiger partial charge on any atom is -0.320 e. The molecule has 0 bridgehead atoms. The molecule has 1 unspecified atom stereocenters. The minimum absolute atomic E-state index is 0.364. The van der Waals surface area contributed by atoms with E-state index in [1.807, 2.05) is 20.9 Å². The molecule has 13 heavy (non-hydrogen) atoms. The predicted octanol–water partition coefficient (Wildman–Crippen LogP) is 0.921. The Bertz CT molecular complexity index is 109. The van der Waals surface area contributed by atoms with Crippen LogP contribution in [0.1, 0.15) is 33.6 Å². The second-order valence-corrected chi connectivity index (χ2v) is 3.27. The topological polar surface area (TPSA) is 36.1 Å². The van der Waals surface area contributed by atoms with Crippen molar-refractivity contribution in [2.24, 2.45) is 0 Å². The molecule has 0 saturated carbocycles. The van der Waals surface area contributed by atoms with Crippen LogP contribution in [0.4, 0.5) is 0 Å². The highest BCUT2D eigenvalue weighted by molar-refractivity contribution is 4.93. The van der Waals surface area contributed by atoms with Gasteiger partial charge in [-0.15, -0.1) is 0 Å². The van der Waals surface area contributed by atoms with E-state index in [4.69, 9.17) is 0 Å². The van der Waals surface area contributed by atoms with Crippen LogP contribution < -0.4 is 16.0 Å². The van der Waals surface area contributed by atoms with Crippen molar-refractivity contribution in [2.75, 3.05) is 26.8 Å². The summed E-state index contributed by atoms with van der Waals surface area (Å²) in [6.07, 6.45) is 2.43. The van der Waals surface area contributed by atoms with Crippen molar-refractivity contribution in [1.29, 1.82) is 0 Å².